The van der Waals surface area contributed by atoms with Crippen molar-refractivity contribution in [3.63, 3.8) is 0 Å². The molecule has 0 radical (unpaired) electrons. The maximum Gasteiger partial charge on any atom is 0.251 e. The lowest BCUT2D eigenvalue weighted by Crippen LogP contribution is -2.49. The van der Waals surface area contributed by atoms with E-state index in [1.165, 1.54) is 0 Å². The Morgan fingerprint density at radius 2 is 1.79 bits per heavy atom. The van der Waals surface area contributed by atoms with Crippen LogP contribution in [0.4, 0.5) is 0 Å². The average molecular weight is 264 g/mol. The van der Waals surface area contributed by atoms with E-state index in [-0.39, 0.29) is 25.0 Å². The largest absolute Gasteiger partial charge is 0.394 e. The van der Waals surface area contributed by atoms with Gasteiger partial charge < -0.3 is 15.7 Å². The second-order valence-corrected chi connectivity index (χ2v) is 5.14. The molecule has 2 amide bonds. The highest BCUT2D eigenvalue weighted by Gasteiger charge is 2.19. The highest BCUT2D eigenvalue weighted by Crippen LogP contribution is 2.03. The molecule has 0 aliphatic heterocycles. The van der Waals surface area contributed by atoms with E-state index in [0.717, 1.165) is 5.56 Å². The summed E-state index contributed by atoms with van der Waals surface area (Å²) in [5, 5.41) is 14.2. The van der Waals surface area contributed by atoms with Crippen molar-refractivity contribution in [2.24, 2.45) is 0 Å². The Bertz CT molecular complexity index is 452. The van der Waals surface area contributed by atoms with Crippen LogP contribution in [-0.2, 0) is 4.79 Å². The lowest BCUT2D eigenvalue weighted by atomic mass is 10.1. The van der Waals surface area contributed by atoms with E-state index in [2.05, 4.69) is 10.6 Å². The van der Waals surface area contributed by atoms with Crippen LogP contribution >= 0.6 is 0 Å². The summed E-state index contributed by atoms with van der Waals surface area (Å²) in [6.07, 6.45) is 0. The smallest absolute Gasteiger partial charge is 0.251 e. The zero-order valence-corrected chi connectivity index (χ0v) is 11.5. The number of aliphatic hydroxyl groups is 1. The van der Waals surface area contributed by atoms with Gasteiger partial charge in [0.05, 0.1) is 18.7 Å². The van der Waals surface area contributed by atoms with E-state index in [4.69, 9.17) is 5.11 Å². The van der Waals surface area contributed by atoms with Crippen LogP contribution in [0, 0.1) is 6.92 Å². The minimum atomic E-state index is -0.689. The van der Waals surface area contributed by atoms with Gasteiger partial charge in [-0.25, -0.2) is 0 Å². The van der Waals surface area contributed by atoms with Gasteiger partial charge in [-0.3, -0.25) is 9.59 Å². The molecule has 0 saturated heterocycles. The number of hydrogen-bond acceptors (Lipinski definition) is 3. The Balaban J connectivity index is 2.46. The molecule has 0 unspecified atom stereocenters. The average Bonchev–Trinajstić information content (AvgIpc) is 2.36. The lowest BCUT2D eigenvalue weighted by Gasteiger charge is -2.23. The summed E-state index contributed by atoms with van der Waals surface area (Å²) in [5.74, 6) is -0.628. The number of benzene rings is 1. The summed E-state index contributed by atoms with van der Waals surface area (Å²) >= 11 is 0. The minimum absolute atomic E-state index is 0.115. The first-order valence-corrected chi connectivity index (χ1v) is 6.11. The summed E-state index contributed by atoms with van der Waals surface area (Å²) in [5.41, 5.74) is 0.893. The van der Waals surface area contributed by atoms with Crippen LogP contribution in [0.2, 0.25) is 0 Å². The van der Waals surface area contributed by atoms with E-state index in [0.29, 0.717) is 5.56 Å². The molecule has 5 nitrogen and oxygen atoms in total. The topological polar surface area (TPSA) is 78.4 Å². The Morgan fingerprint density at radius 3 is 2.32 bits per heavy atom. The zero-order chi connectivity index (χ0) is 14.5. The molecule has 0 aromatic heterocycles. The van der Waals surface area contributed by atoms with E-state index in [1.54, 1.807) is 26.0 Å². The van der Waals surface area contributed by atoms with Crippen molar-refractivity contribution in [2.75, 3.05) is 13.2 Å². The highest BCUT2D eigenvalue weighted by atomic mass is 16.3. The Kier molecular flexibility index (Phi) is 5.06. The molecule has 0 fully saturated rings. The fourth-order valence-electron chi connectivity index (χ4n) is 1.43. The first kappa shape index (κ1) is 15.2. The van der Waals surface area contributed by atoms with Crippen molar-refractivity contribution in [2.45, 2.75) is 26.3 Å². The van der Waals surface area contributed by atoms with Crippen LogP contribution < -0.4 is 10.6 Å². The number of aryl methyl sites for hydroxylation is 1. The quantitative estimate of drug-likeness (QED) is 0.729. The van der Waals surface area contributed by atoms with Crippen molar-refractivity contribution in [3.8, 4) is 0 Å². The molecule has 104 valence electrons. The molecule has 1 aromatic carbocycles. The van der Waals surface area contributed by atoms with Gasteiger partial charge in [0.2, 0.25) is 5.91 Å². The first-order valence-electron chi connectivity index (χ1n) is 6.11. The van der Waals surface area contributed by atoms with Crippen LogP contribution in [0.15, 0.2) is 24.3 Å². The van der Waals surface area contributed by atoms with E-state index < -0.39 is 5.54 Å². The Labute approximate surface area is 113 Å². The second kappa shape index (κ2) is 6.33. The van der Waals surface area contributed by atoms with Crippen LogP contribution in [0.3, 0.4) is 0 Å². The molecule has 0 spiro atoms. The highest BCUT2D eigenvalue weighted by molar-refractivity contribution is 5.96. The van der Waals surface area contributed by atoms with Crippen molar-refractivity contribution < 1.29 is 14.7 Å². The Morgan fingerprint density at radius 1 is 1.21 bits per heavy atom. The SMILES string of the molecule is Cc1ccc(C(=O)NCC(=O)NC(C)(C)CO)cc1. The third-order valence-electron chi connectivity index (χ3n) is 2.60. The molecule has 0 aliphatic rings. The van der Waals surface area contributed by atoms with Crippen molar-refractivity contribution in [1.82, 2.24) is 10.6 Å². The number of carbonyl (C=O) groups is 2. The second-order valence-electron chi connectivity index (χ2n) is 5.14. The molecule has 19 heavy (non-hydrogen) atoms. The normalized spacial score (nSPS) is 10.9. The van der Waals surface area contributed by atoms with Crippen molar-refractivity contribution >= 4 is 11.8 Å². The number of aliphatic hydroxyl groups excluding tert-OH is 1. The van der Waals surface area contributed by atoms with Crippen LogP contribution in [0.5, 0.6) is 0 Å². The monoisotopic (exact) mass is 264 g/mol. The van der Waals surface area contributed by atoms with Gasteiger partial charge >= 0.3 is 0 Å². The summed E-state index contributed by atoms with van der Waals surface area (Å²) in [6.45, 7) is 5.06. The number of carbonyl (C=O) groups excluding carboxylic acids is 2. The molecule has 5 heteroatoms. The molecule has 0 aliphatic carbocycles. The maximum atomic E-state index is 11.8. The fraction of sp³-hybridized carbons (Fsp3) is 0.429. The summed E-state index contributed by atoms with van der Waals surface area (Å²) < 4.78 is 0. The van der Waals surface area contributed by atoms with Crippen molar-refractivity contribution in [3.05, 3.63) is 35.4 Å². The number of amides is 2. The lowest BCUT2D eigenvalue weighted by molar-refractivity contribution is -0.122. The molecule has 0 atom stereocenters. The van der Waals surface area contributed by atoms with E-state index in [1.807, 2.05) is 19.1 Å². The van der Waals surface area contributed by atoms with Gasteiger partial charge in [-0.2, -0.15) is 0 Å². The third-order valence-corrected chi connectivity index (χ3v) is 2.60. The standard InChI is InChI=1S/C14H20N2O3/c1-10-4-6-11(7-5-10)13(19)15-8-12(18)16-14(2,3)9-17/h4-7,17H,8-9H2,1-3H3,(H,15,19)(H,16,18). The number of nitrogens with one attached hydrogen (secondary N) is 2. The first-order chi connectivity index (χ1) is 8.84. The molecule has 0 heterocycles. The molecule has 0 saturated carbocycles. The van der Waals surface area contributed by atoms with Gasteiger partial charge in [-0.15, -0.1) is 0 Å². The molecular formula is C14H20N2O3. The summed E-state index contributed by atoms with van der Waals surface area (Å²) in [4.78, 5) is 23.3. The molecule has 1 rings (SSSR count). The van der Waals surface area contributed by atoms with Crippen LogP contribution in [0.25, 0.3) is 0 Å². The Hall–Kier alpha value is -1.88. The van der Waals surface area contributed by atoms with Gasteiger partial charge in [0.1, 0.15) is 0 Å². The molecule has 3 N–H and O–H groups in total. The predicted molar refractivity (Wildman–Crippen MR) is 72.8 cm³/mol. The van der Waals surface area contributed by atoms with Gasteiger partial charge in [0, 0.05) is 5.56 Å². The summed E-state index contributed by atoms with van der Waals surface area (Å²) in [7, 11) is 0. The maximum absolute atomic E-state index is 11.8. The third kappa shape index (κ3) is 5.09. The van der Waals surface area contributed by atoms with Crippen molar-refractivity contribution in [1.29, 1.82) is 0 Å². The van der Waals surface area contributed by atoms with E-state index >= 15 is 0 Å². The molecule has 0 bridgehead atoms. The number of rotatable bonds is 5. The van der Waals surface area contributed by atoms with Gasteiger partial charge in [-0.1, -0.05) is 17.7 Å². The molecule has 1 aromatic rings. The summed E-state index contributed by atoms with van der Waals surface area (Å²) in [6, 6.07) is 7.09. The fourth-order valence-corrected chi connectivity index (χ4v) is 1.43. The van der Waals surface area contributed by atoms with Crippen LogP contribution in [0.1, 0.15) is 29.8 Å². The molecular weight excluding hydrogens is 244 g/mol. The van der Waals surface area contributed by atoms with E-state index in [9.17, 15) is 9.59 Å². The predicted octanol–water partition coefficient (Wildman–Crippen LogP) is 0.612. The zero-order valence-electron chi connectivity index (χ0n) is 11.5. The van der Waals surface area contributed by atoms with Gasteiger partial charge in [-0.05, 0) is 32.9 Å². The number of hydrogen-bond donors (Lipinski definition) is 3. The van der Waals surface area contributed by atoms with Gasteiger partial charge in [0.25, 0.3) is 5.91 Å². The van der Waals surface area contributed by atoms with Crippen LogP contribution in [-0.4, -0.2) is 35.6 Å². The van der Waals surface area contributed by atoms with Gasteiger partial charge in [0.15, 0.2) is 0 Å². The minimum Gasteiger partial charge on any atom is -0.394 e.